The Morgan fingerprint density at radius 3 is 2.72 bits per heavy atom. The third-order valence-electron chi connectivity index (χ3n) is 4.26. The van der Waals surface area contributed by atoms with Crippen LogP contribution in [0.15, 0.2) is 48.6 Å². The van der Waals surface area contributed by atoms with Crippen molar-refractivity contribution in [3.8, 4) is 11.3 Å². The van der Waals surface area contributed by atoms with Gasteiger partial charge in [0.2, 0.25) is 0 Å². The first-order valence-corrected chi connectivity index (χ1v) is 8.58. The van der Waals surface area contributed by atoms with Crippen LogP contribution < -0.4 is 10.6 Å². The van der Waals surface area contributed by atoms with Gasteiger partial charge < -0.3 is 10.4 Å². The van der Waals surface area contributed by atoms with E-state index < -0.39 is 0 Å². The molecule has 0 spiro atoms. The fraction of sp³-hybridized carbons (Fsp3) is 0.368. The predicted octanol–water partition coefficient (Wildman–Crippen LogP) is 3.19. The van der Waals surface area contributed by atoms with Crippen molar-refractivity contribution in [1.82, 2.24) is 15.1 Å². The summed E-state index contributed by atoms with van der Waals surface area (Å²) in [5.41, 5.74) is 1.83. The second kappa shape index (κ2) is 7.53. The van der Waals surface area contributed by atoms with Crippen LogP contribution in [-0.4, -0.2) is 33.6 Å². The normalized spacial score (nSPS) is 19.4. The minimum absolute atomic E-state index is 0.0545. The quantitative estimate of drug-likeness (QED) is 0.731. The molecule has 1 aromatic heterocycles. The molecule has 6 nitrogen and oxygen atoms in total. The molecule has 0 saturated heterocycles. The van der Waals surface area contributed by atoms with Crippen molar-refractivity contribution >= 4 is 11.8 Å². The molecular formula is C19H24N4O2. The highest BCUT2D eigenvalue weighted by Gasteiger charge is 2.21. The molecule has 0 unspecified atom stereocenters. The zero-order valence-electron chi connectivity index (χ0n) is 14.5. The average Bonchev–Trinajstić information content (AvgIpc) is 3.22. The number of aliphatic hydroxyl groups excluding tert-OH is 1. The minimum Gasteiger partial charge on any atom is -0.396 e. The van der Waals surface area contributed by atoms with Gasteiger partial charge in [0.25, 0.3) is 0 Å². The maximum atomic E-state index is 12.3. The Balaban J connectivity index is 1.72. The number of nitrogens with one attached hydrogen (secondary N) is 2. The number of nitrogens with zero attached hydrogens (tertiary/aromatic N) is 2. The van der Waals surface area contributed by atoms with Gasteiger partial charge in [-0.1, -0.05) is 42.5 Å². The Morgan fingerprint density at radius 2 is 2.08 bits per heavy atom. The van der Waals surface area contributed by atoms with Gasteiger partial charge in [-0.05, 0) is 20.3 Å². The first-order chi connectivity index (χ1) is 12.1. The molecule has 25 heavy (non-hydrogen) atoms. The zero-order chi connectivity index (χ0) is 17.8. The number of aliphatic hydroxyl groups is 1. The minimum atomic E-state index is -0.269. The number of hydrogen-bond acceptors (Lipinski definition) is 3. The van der Waals surface area contributed by atoms with Crippen LogP contribution in [0.3, 0.4) is 0 Å². The van der Waals surface area contributed by atoms with Gasteiger partial charge in [-0.3, -0.25) is 5.32 Å². The second-order valence-corrected chi connectivity index (χ2v) is 6.59. The molecule has 1 aromatic carbocycles. The molecule has 3 rings (SSSR count). The summed E-state index contributed by atoms with van der Waals surface area (Å²) in [5.74, 6) is 0.781. The molecule has 2 amide bonds. The first-order valence-electron chi connectivity index (χ1n) is 8.58. The molecule has 0 bridgehead atoms. The van der Waals surface area contributed by atoms with Crippen LogP contribution in [0.25, 0.3) is 11.3 Å². The predicted molar refractivity (Wildman–Crippen MR) is 98.3 cm³/mol. The van der Waals surface area contributed by atoms with Gasteiger partial charge in [-0.25, -0.2) is 9.48 Å². The maximum Gasteiger partial charge on any atom is 0.320 e. The molecule has 3 N–H and O–H groups in total. The molecule has 2 aromatic rings. The highest BCUT2D eigenvalue weighted by molar-refractivity contribution is 5.89. The molecule has 0 aliphatic heterocycles. The van der Waals surface area contributed by atoms with E-state index in [-0.39, 0.29) is 30.6 Å². The van der Waals surface area contributed by atoms with Gasteiger partial charge in [0.15, 0.2) is 0 Å². The van der Waals surface area contributed by atoms with Crippen molar-refractivity contribution in [2.45, 2.75) is 32.4 Å². The lowest BCUT2D eigenvalue weighted by molar-refractivity contribution is 0.238. The van der Waals surface area contributed by atoms with Crippen LogP contribution in [0.1, 0.15) is 26.3 Å². The first kappa shape index (κ1) is 17.2. The molecule has 132 valence electrons. The number of hydrogen-bond donors (Lipinski definition) is 3. The monoisotopic (exact) mass is 340 g/mol. The average molecular weight is 340 g/mol. The van der Waals surface area contributed by atoms with Crippen molar-refractivity contribution in [3.05, 3.63) is 48.6 Å². The SMILES string of the molecule is CC(C)n1nc(-c2ccccc2)cc1NC(=O)N[C@@H]1C=C[C@H](CO)C1. The summed E-state index contributed by atoms with van der Waals surface area (Å²) in [7, 11) is 0. The number of carbonyl (C=O) groups is 1. The van der Waals surface area contributed by atoms with Crippen molar-refractivity contribution in [2.75, 3.05) is 11.9 Å². The number of rotatable bonds is 5. The summed E-state index contributed by atoms with van der Waals surface area (Å²) < 4.78 is 1.81. The van der Waals surface area contributed by atoms with E-state index in [1.807, 2.05) is 67.1 Å². The second-order valence-electron chi connectivity index (χ2n) is 6.59. The summed E-state index contributed by atoms with van der Waals surface area (Å²) in [6, 6.07) is 11.6. The van der Waals surface area contributed by atoms with Crippen LogP contribution >= 0.6 is 0 Å². The van der Waals surface area contributed by atoms with Crippen molar-refractivity contribution < 1.29 is 9.90 Å². The lowest BCUT2D eigenvalue weighted by Crippen LogP contribution is -2.37. The number of benzene rings is 1. The Morgan fingerprint density at radius 1 is 1.32 bits per heavy atom. The van der Waals surface area contributed by atoms with E-state index >= 15 is 0 Å². The van der Waals surface area contributed by atoms with Crippen LogP contribution in [0.2, 0.25) is 0 Å². The van der Waals surface area contributed by atoms with E-state index in [4.69, 9.17) is 0 Å². The fourth-order valence-electron chi connectivity index (χ4n) is 2.97. The number of aromatic nitrogens is 2. The van der Waals surface area contributed by atoms with Gasteiger partial charge in [-0.2, -0.15) is 5.10 Å². The van der Waals surface area contributed by atoms with E-state index in [2.05, 4.69) is 15.7 Å². The van der Waals surface area contributed by atoms with Crippen molar-refractivity contribution in [2.24, 2.45) is 5.92 Å². The summed E-state index contributed by atoms with van der Waals surface area (Å²) in [6.07, 6.45) is 4.59. The molecule has 6 heteroatoms. The highest BCUT2D eigenvalue weighted by atomic mass is 16.3. The Kier molecular flexibility index (Phi) is 5.19. The lowest BCUT2D eigenvalue weighted by atomic mass is 10.1. The number of urea groups is 1. The summed E-state index contributed by atoms with van der Waals surface area (Å²) >= 11 is 0. The smallest absolute Gasteiger partial charge is 0.320 e. The fourth-order valence-corrected chi connectivity index (χ4v) is 2.97. The topological polar surface area (TPSA) is 79.2 Å². The third-order valence-corrected chi connectivity index (χ3v) is 4.26. The summed E-state index contributed by atoms with van der Waals surface area (Å²) in [4.78, 5) is 12.3. The van der Waals surface area contributed by atoms with Gasteiger partial charge in [0, 0.05) is 36.2 Å². The van der Waals surface area contributed by atoms with E-state index in [0.29, 0.717) is 5.82 Å². The molecule has 0 radical (unpaired) electrons. The molecule has 0 fully saturated rings. The molecule has 2 atom stereocenters. The molecule has 0 saturated carbocycles. The molecule has 1 heterocycles. The van der Waals surface area contributed by atoms with Crippen LogP contribution in [-0.2, 0) is 0 Å². The van der Waals surface area contributed by atoms with E-state index in [1.165, 1.54) is 0 Å². The van der Waals surface area contributed by atoms with Crippen LogP contribution in [0, 0.1) is 5.92 Å². The highest BCUT2D eigenvalue weighted by Crippen LogP contribution is 2.24. The zero-order valence-corrected chi connectivity index (χ0v) is 14.5. The number of amides is 2. The largest absolute Gasteiger partial charge is 0.396 e. The number of anilines is 1. The van der Waals surface area contributed by atoms with E-state index in [9.17, 15) is 9.90 Å². The van der Waals surface area contributed by atoms with Gasteiger partial charge >= 0.3 is 6.03 Å². The van der Waals surface area contributed by atoms with Crippen molar-refractivity contribution in [1.29, 1.82) is 0 Å². The summed E-state index contributed by atoms with van der Waals surface area (Å²) in [5, 5.41) is 19.6. The molecular weight excluding hydrogens is 316 g/mol. The Hall–Kier alpha value is -2.60. The lowest BCUT2D eigenvalue weighted by Gasteiger charge is -2.15. The molecule has 1 aliphatic carbocycles. The van der Waals surface area contributed by atoms with Crippen LogP contribution in [0.5, 0.6) is 0 Å². The van der Waals surface area contributed by atoms with Crippen LogP contribution in [0.4, 0.5) is 10.6 Å². The Bertz CT molecular complexity index is 752. The Labute approximate surface area is 147 Å². The molecule has 1 aliphatic rings. The maximum absolute atomic E-state index is 12.3. The van der Waals surface area contributed by atoms with Gasteiger partial charge in [0.05, 0.1) is 5.69 Å². The van der Waals surface area contributed by atoms with Crippen molar-refractivity contribution in [3.63, 3.8) is 0 Å². The van der Waals surface area contributed by atoms with E-state index in [1.54, 1.807) is 0 Å². The summed E-state index contributed by atoms with van der Waals surface area (Å²) in [6.45, 7) is 4.16. The number of carbonyl (C=O) groups excluding carboxylic acids is 1. The third kappa shape index (κ3) is 4.09. The van der Waals surface area contributed by atoms with Gasteiger partial charge in [0.1, 0.15) is 5.82 Å². The standard InChI is InChI=1S/C19H24N4O2/c1-13(2)23-18(11-17(22-23)15-6-4-3-5-7-15)21-19(25)20-16-9-8-14(10-16)12-24/h3-9,11,13-14,16,24H,10,12H2,1-2H3,(H2,20,21,25)/t14-,16+/m0/s1. The van der Waals surface area contributed by atoms with E-state index in [0.717, 1.165) is 17.7 Å². The van der Waals surface area contributed by atoms with Gasteiger partial charge in [-0.15, -0.1) is 0 Å².